The van der Waals surface area contributed by atoms with Crippen molar-refractivity contribution in [2.45, 2.75) is 29.7 Å². The molecule has 0 spiro atoms. The Morgan fingerprint density at radius 2 is 1.89 bits per heavy atom. The molecular weight excluding hydrogens is 368 g/mol. The van der Waals surface area contributed by atoms with E-state index in [0.717, 1.165) is 13.1 Å². The highest BCUT2D eigenvalue weighted by Crippen LogP contribution is 2.22. The number of amides is 2. The van der Waals surface area contributed by atoms with Gasteiger partial charge in [0.2, 0.25) is 9.84 Å². The number of hydrogen-bond donors (Lipinski definition) is 4. The molecule has 10 heteroatoms. The number of urea groups is 1. The second kappa shape index (κ2) is 8.07. The molecule has 1 aromatic carbocycles. The van der Waals surface area contributed by atoms with Gasteiger partial charge in [0.1, 0.15) is 4.90 Å². The maximum Gasteiger partial charge on any atom is 0.319 e. The molecule has 0 aliphatic carbocycles. The van der Waals surface area contributed by atoms with E-state index < -0.39 is 9.84 Å². The van der Waals surface area contributed by atoms with Crippen LogP contribution in [-0.2, 0) is 9.84 Å². The first-order valence-electron chi connectivity index (χ1n) is 8.76. The number of aromatic nitrogens is 2. The first kappa shape index (κ1) is 19.3. The van der Waals surface area contributed by atoms with Gasteiger partial charge < -0.3 is 10.6 Å². The van der Waals surface area contributed by atoms with Crippen LogP contribution in [0.4, 0.5) is 10.5 Å². The molecule has 2 heterocycles. The molecule has 2 amide bonds. The fourth-order valence-electron chi connectivity index (χ4n) is 2.66. The molecule has 1 aliphatic rings. The largest absolute Gasteiger partial charge is 0.337 e. The van der Waals surface area contributed by atoms with Crippen molar-refractivity contribution in [2.75, 3.05) is 25.0 Å². The molecular formula is C17H24N6O3S. The third-order valence-electron chi connectivity index (χ3n) is 4.30. The molecule has 0 unspecified atom stereocenters. The maximum absolute atomic E-state index is 12.7. The standard InChI is InChI=1S/C17H24N6O3S/c1-12(2)23-11-16(10-21-23)27(25,26)15-5-3-14(4-6-15)22-17(24)18-7-13-8-19-20-9-13/h3-6,10-13,19-20H,7-9H2,1-2H3,(H2,18,22,24). The van der Waals surface area contributed by atoms with Crippen LogP contribution in [0.25, 0.3) is 0 Å². The van der Waals surface area contributed by atoms with Crippen molar-refractivity contribution in [1.29, 1.82) is 0 Å². The molecule has 1 aliphatic heterocycles. The molecule has 1 aromatic heterocycles. The summed E-state index contributed by atoms with van der Waals surface area (Å²) in [6.07, 6.45) is 2.87. The summed E-state index contributed by atoms with van der Waals surface area (Å²) >= 11 is 0. The number of anilines is 1. The third kappa shape index (κ3) is 4.65. The second-order valence-electron chi connectivity index (χ2n) is 6.74. The monoisotopic (exact) mass is 392 g/mol. The van der Waals surface area contributed by atoms with E-state index in [4.69, 9.17) is 0 Å². The van der Waals surface area contributed by atoms with Crippen LogP contribution in [0.5, 0.6) is 0 Å². The molecule has 0 atom stereocenters. The molecule has 146 valence electrons. The number of nitrogens with one attached hydrogen (secondary N) is 4. The van der Waals surface area contributed by atoms with Gasteiger partial charge >= 0.3 is 6.03 Å². The molecule has 1 fully saturated rings. The number of rotatable bonds is 6. The summed E-state index contributed by atoms with van der Waals surface area (Å²) in [5.74, 6) is 0.343. The third-order valence-corrected chi connectivity index (χ3v) is 6.02. The number of hydrogen-bond acceptors (Lipinski definition) is 6. The van der Waals surface area contributed by atoms with Crippen LogP contribution in [0, 0.1) is 5.92 Å². The van der Waals surface area contributed by atoms with Crippen molar-refractivity contribution in [3.8, 4) is 0 Å². The second-order valence-corrected chi connectivity index (χ2v) is 8.69. The lowest BCUT2D eigenvalue weighted by Gasteiger charge is -2.11. The van der Waals surface area contributed by atoms with E-state index in [0.29, 0.717) is 18.2 Å². The molecule has 0 saturated carbocycles. The van der Waals surface area contributed by atoms with Crippen molar-refractivity contribution >= 4 is 21.6 Å². The first-order chi connectivity index (χ1) is 12.9. The minimum Gasteiger partial charge on any atom is -0.337 e. The average molecular weight is 392 g/mol. The molecule has 27 heavy (non-hydrogen) atoms. The van der Waals surface area contributed by atoms with Crippen molar-refractivity contribution in [3.63, 3.8) is 0 Å². The van der Waals surface area contributed by atoms with Gasteiger partial charge in [-0.2, -0.15) is 5.10 Å². The molecule has 3 rings (SSSR count). The van der Waals surface area contributed by atoms with Crippen LogP contribution in [0.2, 0.25) is 0 Å². The van der Waals surface area contributed by atoms with Gasteiger partial charge in [-0.15, -0.1) is 0 Å². The Labute approximate surface area is 158 Å². The highest BCUT2D eigenvalue weighted by Gasteiger charge is 2.20. The lowest BCUT2D eigenvalue weighted by molar-refractivity contribution is 0.250. The molecule has 4 N–H and O–H groups in total. The maximum atomic E-state index is 12.7. The first-order valence-corrected chi connectivity index (χ1v) is 10.2. The van der Waals surface area contributed by atoms with Crippen LogP contribution >= 0.6 is 0 Å². The summed E-state index contributed by atoms with van der Waals surface area (Å²) in [4.78, 5) is 12.2. The van der Waals surface area contributed by atoms with Gasteiger partial charge in [0.05, 0.1) is 11.1 Å². The number of benzene rings is 1. The lowest BCUT2D eigenvalue weighted by Crippen LogP contribution is -2.34. The number of hydrazine groups is 1. The normalized spacial score (nSPS) is 15.2. The van der Waals surface area contributed by atoms with Gasteiger partial charge in [-0.05, 0) is 38.1 Å². The van der Waals surface area contributed by atoms with E-state index in [1.165, 1.54) is 24.5 Å². The highest BCUT2D eigenvalue weighted by molar-refractivity contribution is 7.91. The Balaban J connectivity index is 1.62. The van der Waals surface area contributed by atoms with Crippen LogP contribution in [-0.4, -0.2) is 43.9 Å². The Kier molecular flexibility index (Phi) is 5.78. The average Bonchev–Trinajstić information content (AvgIpc) is 3.32. The topological polar surface area (TPSA) is 117 Å². The van der Waals surface area contributed by atoms with Gasteiger partial charge in [-0.25, -0.2) is 13.2 Å². The zero-order chi connectivity index (χ0) is 19.4. The van der Waals surface area contributed by atoms with Crippen molar-refractivity contribution in [2.24, 2.45) is 5.92 Å². The number of carbonyl (C=O) groups is 1. The highest BCUT2D eigenvalue weighted by atomic mass is 32.2. The predicted molar refractivity (Wildman–Crippen MR) is 101 cm³/mol. The summed E-state index contributed by atoms with van der Waals surface area (Å²) in [5.41, 5.74) is 6.53. The van der Waals surface area contributed by atoms with Crippen molar-refractivity contribution < 1.29 is 13.2 Å². The van der Waals surface area contributed by atoms with Crippen molar-refractivity contribution in [1.82, 2.24) is 25.9 Å². The number of nitrogens with zero attached hydrogens (tertiary/aromatic N) is 2. The van der Waals surface area contributed by atoms with E-state index in [9.17, 15) is 13.2 Å². The summed E-state index contributed by atoms with van der Waals surface area (Å²) in [6, 6.07) is 5.84. The summed E-state index contributed by atoms with van der Waals surface area (Å²) in [6.45, 7) is 6.02. The lowest BCUT2D eigenvalue weighted by atomic mass is 10.2. The van der Waals surface area contributed by atoms with Crippen LogP contribution in [0.15, 0.2) is 46.5 Å². The Bertz CT molecular complexity index is 886. The molecule has 0 bridgehead atoms. The molecule has 1 saturated heterocycles. The fourth-order valence-corrected chi connectivity index (χ4v) is 3.86. The zero-order valence-electron chi connectivity index (χ0n) is 15.3. The van der Waals surface area contributed by atoms with Crippen LogP contribution in [0.1, 0.15) is 19.9 Å². The minimum atomic E-state index is -3.64. The molecule has 2 aromatic rings. The molecule has 9 nitrogen and oxygen atoms in total. The van der Waals surface area contributed by atoms with E-state index >= 15 is 0 Å². The van der Waals surface area contributed by atoms with Crippen molar-refractivity contribution in [3.05, 3.63) is 36.7 Å². The van der Waals surface area contributed by atoms with Crippen LogP contribution in [0.3, 0.4) is 0 Å². The number of sulfone groups is 1. The van der Waals surface area contributed by atoms with Gasteiger partial charge in [0, 0.05) is 43.5 Å². The Morgan fingerprint density at radius 1 is 1.22 bits per heavy atom. The van der Waals surface area contributed by atoms with E-state index in [2.05, 4.69) is 26.6 Å². The summed E-state index contributed by atoms with van der Waals surface area (Å²) in [5, 5.41) is 9.58. The predicted octanol–water partition coefficient (Wildman–Crippen LogP) is 1.14. The smallest absolute Gasteiger partial charge is 0.319 e. The van der Waals surface area contributed by atoms with Gasteiger partial charge in [0.15, 0.2) is 0 Å². The van der Waals surface area contributed by atoms with E-state index in [-0.39, 0.29) is 21.9 Å². The van der Waals surface area contributed by atoms with Gasteiger partial charge in [-0.3, -0.25) is 15.5 Å². The molecule has 0 radical (unpaired) electrons. The number of carbonyl (C=O) groups excluding carboxylic acids is 1. The zero-order valence-corrected chi connectivity index (χ0v) is 16.1. The minimum absolute atomic E-state index is 0.0785. The Morgan fingerprint density at radius 3 is 2.48 bits per heavy atom. The van der Waals surface area contributed by atoms with Gasteiger partial charge in [0.25, 0.3) is 0 Å². The summed E-state index contributed by atoms with van der Waals surface area (Å²) in [7, 11) is -3.64. The quantitative estimate of drug-likeness (QED) is 0.586. The summed E-state index contributed by atoms with van der Waals surface area (Å²) < 4.78 is 27.0. The van der Waals surface area contributed by atoms with E-state index in [1.54, 1.807) is 16.8 Å². The Hall–Kier alpha value is -2.43. The van der Waals surface area contributed by atoms with Crippen LogP contribution < -0.4 is 21.5 Å². The van der Waals surface area contributed by atoms with E-state index in [1.807, 2.05) is 13.8 Å². The SMILES string of the molecule is CC(C)n1cc(S(=O)(=O)c2ccc(NC(=O)NCC3CNNC3)cc2)cn1. The van der Waals surface area contributed by atoms with Gasteiger partial charge in [-0.1, -0.05) is 0 Å². The fraction of sp³-hybridized carbons (Fsp3) is 0.412.